The predicted molar refractivity (Wildman–Crippen MR) is 32.4 cm³/mol. The van der Waals surface area contributed by atoms with Crippen LogP contribution in [0.4, 0.5) is 0 Å². The fourth-order valence-corrected chi connectivity index (χ4v) is 0.819. The number of oxime groups is 1. The van der Waals surface area contributed by atoms with Gasteiger partial charge < -0.3 is 5.21 Å². The van der Waals surface area contributed by atoms with E-state index in [9.17, 15) is 0 Å². The Morgan fingerprint density at radius 3 is 2.75 bits per heavy atom. The summed E-state index contributed by atoms with van der Waals surface area (Å²) in [6.07, 6.45) is 3.25. The van der Waals surface area contributed by atoms with Gasteiger partial charge in [-0.1, -0.05) is 16.8 Å². The van der Waals surface area contributed by atoms with Gasteiger partial charge >= 0.3 is 0 Å². The summed E-state index contributed by atoms with van der Waals surface area (Å²) in [5.41, 5.74) is 0. The van der Waals surface area contributed by atoms with E-state index in [0.717, 1.165) is 6.42 Å². The van der Waals surface area contributed by atoms with Gasteiger partial charge in [0, 0.05) is 6.42 Å². The summed E-state index contributed by atoms with van der Waals surface area (Å²) in [6.45, 7) is 0. The molecule has 0 heterocycles. The van der Waals surface area contributed by atoms with Gasteiger partial charge in [-0.25, -0.2) is 0 Å². The van der Waals surface area contributed by atoms with Gasteiger partial charge in [-0.3, -0.25) is 0 Å². The SMILES string of the molecule is O/N=C(\Cl)CC1CC1. The van der Waals surface area contributed by atoms with Crippen LogP contribution in [0.2, 0.25) is 0 Å². The molecule has 0 saturated heterocycles. The molecule has 1 aliphatic rings. The summed E-state index contributed by atoms with van der Waals surface area (Å²) in [4.78, 5) is 0. The molecule has 0 atom stereocenters. The first kappa shape index (κ1) is 5.89. The fourth-order valence-electron chi connectivity index (χ4n) is 0.601. The second-order valence-electron chi connectivity index (χ2n) is 2.12. The first-order valence-electron chi connectivity index (χ1n) is 2.69. The Kier molecular flexibility index (Phi) is 1.73. The lowest BCUT2D eigenvalue weighted by molar-refractivity contribution is 0.319. The van der Waals surface area contributed by atoms with Gasteiger partial charge in [-0.2, -0.15) is 0 Å². The van der Waals surface area contributed by atoms with E-state index in [2.05, 4.69) is 5.16 Å². The zero-order valence-electron chi connectivity index (χ0n) is 4.47. The van der Waals surface area contributed by atoms with Gasteiger partial charge in [-0.15, -0.1) is 0 Å². The van der Waals surface area contributed by atoms with Crippen LogP contribution in [0.5, 0.6) is 0 Å². The minimum atomic E-state index is 0.340. The van der Waals surface area contributed by atoms with Crippen LogP contribution >= 0.6 is 11.6 Å². The van der Waals surface area contributed by atoms with Gasteiger partial charge in [0.2, 0.25) is 0 Å². The average molecular weight is 134 g/mol. The molecule has 0 aromatic rings. The van der Waals surface area contributed by atoms with E-state index >= 15 is 0 Å². The fraction of sp³-hybridized carbons (Fsp3) is 0.800. The van der Waals surface area contributed by atoms with Crippen LogP contribution < -0.4 is 0 Å². The van der Waals surface area contributed by atoms with Crippen molar-refractivity contribution in [1.29, 1.82) is 0 Å². The molecule has 46 valence electrons. The molecule has 0 unspecified atom stereocenters. The van der Waals surface area contributed by atoms with Crippen LogP contribution in [0.1, 0.15) is 19.3 Å². The van der Waals surface area contributed by atoms with Crippen molar-refractivity contribution in [1.82, 2.24) is 0 Å². The Morgan fingerprint density at radius 1 is 1.75 bits per heavy atom. The van der Waals surface area contributed by atoms with E-state index in [4.69, 9.17) is 16.8 Å². The maximum atomic E-state index is 8.07. The third-order valence-electron chi connectivity index (χ3n) is 1.26. The summed E-state index contributed by atoms with van der Waals surface area (Å²) in [6, 6.07) is 0. The molecule has 8 heavy (non-hydrogen) atoms. The molecule has 1 fully saturated rings. The zero-order chi connectivity index (χ0) is 5.98. The third kappa shape index (κ3) is 1.70. The summed E-state index contributed by atoms with van der Waals surface area (Å²) in [5, 5.41) is 11.3. The van der Waals surface area contributed by atoms with Gasteiger partial charge in [0.05, 0.1) is 0 Å². The van der Waals surface area contributed by atoms with Crippen molar-refractivity contribution in [3.63, 3.8) is 0 Å². The Morgan fingerprint density at radius 2 is 2.38 bits per heavy atom. The Labute approximate surface area is 53.1 Å². The number of halogens is 1. The van der Waals surface area contributed by atoms with Gasteiger partial charge in [0.25, 0.3) is 0 Å². The van der Waals surface area contributed by atoms with E-state index in [0.29, 0.717) is 11.1 Å². The largest absolute Gasteiger partial charge is 0.410 e. The second kappa shape index (κ2) is 2.35. The molecule has 1 N–H and O–H groups in total. The van der Waals surface area contributed by atoms with Crippen LogP contribution in [0.25, 0.3) is 0 Å². The van der Waals surface area contributed by atoms with E-state index in [1.807, 2.05) is 0 Å². The molecule has 3 heteroatoms. The molecule has 0 radical (unpaired) electrons. The van der Waals surface area contributed by atoms with Crippen LogP contribution in [-0.2, 0) is 0 Å². The number of rotatable bonds is 2. The molecular formula is C5H8ClNO. The molecule has 0 aromatic carbocycles. The van der Waals surface area contributed by atoms with Crippen molar-refractivity contribution < 1.29 is 5.21 Å². The third-order valence-corrected chi connectivity index (χ3v) is 1.49. The second-order valence-corrected chi connectivity index (χ2v) is 2.56. The standard InChI is InChI=1S/C5H8ClNO/c6-5(7-8)3-4-1-2-4/h4,8H,1-3H2/b7-5-. The molecule has 1 rings (SSSR count). The van der Waals surface area contributed by atoms with Crippen LogP contribution in [-0.4, -0.2) is 10.4 Å². The highest BCUT2D eigenvalue weighted by atomic mass is 35.5. The van der Waals surface area contributed by atoms with Crippen molar-refractivity contribution in [3.8, 4) is 0 Å². The number of hydrogen-bond acceptors (Lipinski definition) is 2. The Hall–Kier alpha value is -0.240. The number of hydrogen-bond donors (Lipinski definition) is 1. The van der Waals surface area contributed by atoms with Crippen molar-refractivity contribution in [2.75, 3.05) is 0 Å². The minimum Gasteiger partial charge on any atom is -0.410 e. The molecule has 0 aromatic heterocycles. The van der Waals surface area contributed by atoms with Crippen molar-refractivity contribution >= 4 is 16.8 Å². The van der Waals surface area contributed by atoms with Crippen LogP contribution in [0.3, 0.4) is 0 Å². The summed E-state index contributed by atoms with van der Waals surface area (Å²) in [7, 11) is 0. The summed E-state index contributed by atoms with van der Waals surface area (Å²) in [5.74, 6) is 0.707. The lowest BCUT2D eigenvalue weighted by Gasteiger charge is -1.87. The maximum absolute atomic E-state index is 8.07. The predicted octanol–water partition coefficient (Wildman–Crippen LogP) is 1.81. The van der Waals surface area contributed by atoms with Gasteiger partial charge in [-0.05, 0) is 18.8 Å². The van der Waals surface area contributed by atoms with E-state index in [-0.39, 0.29) is 0 Å². The van der Waals surface area contributed by atoms with Gasteiger partial charge in [0.15, 0.2) is 0 Å². The molecule has 2 nitrogen and oxygen atoms in total. The topological polar surface area (TPSA) is 32.6 Å². The Balaban J connectivity index is 2.16. The highest BCUT2D eigenvalue weighted by Gasteiger charge is 2.22. The first-order chi connectivity index (χ1) is 3.83. The molecular weight excluding hydrogens is 126 g/mol. The molecule has 1 aliphatic carbocycles. The summed E-state index contributed by atoms with van der Waals surface area (Å²) < 4.78 is 0. The quantitative estimate of drug-likeness (QED) is 0.348. The lowest BCUT2D eigenvalue weighted by Crippen LogP contribution is -1.87. The van der Waals surface area contributed by atoms with E-state index < -0.39 is 0 Å². The van der Waals surface area contributed by atoms with Gasteiger partial charge in [0.1, 0.15) is 5.17 Å². The summed E-state index contributed by atoms with van der Waals surface area (Å²) >= 11 is 5.40. The molecule has 0 amide bonds. The highest BCUT2D eigenvalue weighted by Crippen LogP contribution is 2.33. The Bertz CT molecular complexity index is 109. The van der Waals surface area contributed by atoms with Crippen LogP contribution in [0, 0.1) is 5.92 Å². The van der Waals surface area contributed by atoms with Crippen molar-refractivity contribution in [3.05, 3.63) is 0 Å². The molecule has 0 aliphatic heterocycles. The number of nitrogens with zero attached hydrogens (tertiary/aromatic N) is 1. The normalized spacial score (nSPS) is 21.4. The molecule has 1 saturated carbocycles. The van der Waals surface area contributed by atoms with Crippen LogP contribution in [0.15, 0.2) is 5.16 Å². The first-order valence-corrected chi connectivity index (χ1v) is 3.07. The molecule has 0 spiro atoms. The van der Waals surface area contributed by atoms with E-state index in [1.54, 1.807) is 0 Å². The van der Waals surface area contributed by atoms with Crippen molar-refractivity contribution in [2.45, 2.75) is 19.3 Å². The monoisotopic (exact) mass is 133 g/mol. The van der Waals surface area contributed by atoms with E-state index in [1.165, 1.54) is 12.8 Å². The molecule has 0 bridgehead atoms. The van der Waals surface area contributed by atoms with Crippen molar-refractivity contribution in [2.24, 2.45) is 11.1 Å². The average Bonchev–Trinajstić information content (AvgIpc) is 2.50. The highest BCUT2D eigenvalue weighted by molar-refractivity contribution is 6.65. The minimum absolute atomic E-state index is 0.340. The maximum Gasteiger partial charge on any atom is 0.145 e. The zero-order valence-corrected chi connectivity index (χ0v) is 5.23. The smallest absolute Gasteiger partial charge is 0.145 e. The lowest BCUT2D eigenvalue weighted by atomic mass is 10.3.